The molecule has 1 aromatic heterocycles. The Hall–Kier alpha value is -1.82. The minimum absolute atomic E-state index is 0.0107. The van der Waals surface area contributed by atoms with E-state index in [9.17, 15) is 8.78 Å². The van der Waals surface area contributed by atoms with Crippen molar-refractivity contribution < 1.29 is 8.78 Å². The molecule has 21 heavy (non-hydrogen) atoms. The van der Waals surface area contributed by atoms with E-state index < -0.39 is 11.6 Å². The summed E-state index contributed by atoms with van der Waals surface area (Å²) < 4.78 is 27.5. The van der Waals surface area contributed by atoms with E-state index in [0.717, 1.165) is 23.1 Å². The van der Waals surface area contributed by atoms with E-state index in [1.165, 1.54) is 11.8 Å². The Kier molecular flexibility index (Phi) is 5.38. The Bertz CT molecular complexity index is 620. The van der Waals surface area contributed by atoms with Gasteiger partial charge in [0.05, 0.1) is 5.69 Å². The summed E-state index contributed by atoms with van der Waals surface area (Å²) >= 11 is 1.54. The third kappa shape index (κ3) is 3.85. The van der Waals surface area contributed by atoms with Crippen molar-refractivity contribution >= 4 is 29.1 Å². The smallest absolute Gasteiger partial charge is 0.169 e. The monoisotopic (exact) mass is 309 g/mol. The van der Waals surface area contributed by atoms with Gasteiger partial charge in [-0.05, 0) is 24.8 Å². The van der Waals surface area contributed by atoms with Crippen LogP contribution in [0.1, 0.15) is 13.3 Å². The van der Waals surface area contributed by atoms with E-state index in [1.807, 2.05) is 37.4 Å². The lowest BCUT2D eigenvalue weighted by atomic mass is 10.3. The van der Waals surface area contributed by atoms with Gasteiger partial charge in [-0.25, -0.2) is 13.8 Å². The number of para-hydroxylation sites is 1. The molecule has 0 spiro atoms. The van der Waals surface area contributed by atoms with E-state index in [-0.39, 0.29) is 11.6 Å². The predicted octanol–water partition coefficient (Wildman–Crippen LogP) is 4.65. The molecule has 0 saturated heterocycles. The number of nitrogens with one attached hydrogen (secondary N) is 2. The van der Waals surface area contributed by atoms with E-state index in [4.69, 9.17) is 0 Å². The molecule has 2 rings (SSSR count). The standard InChI is InChI=1S/C15H17F2N3S/c1-3-8-18-14-10(16)9-11(17)15(20-14)19-12-6-4-5-7-13(12)21-2/h4-7,9H,3,8H2,1-2H3,(H2,18,19,20). The zero-order valence-electron chi connectivity index (χ0n) is 11.9. The fraction of sp³-hybridized carbons (Fsp3) is 0.267. The number of aromatic nitrogens is 1. The molecular formula is C15H17F2N3S. The molecule has 0 aliphatic carbocycles. The lowest BCUT2D eigenvalue weighted by molar-refractivity contribution is 0.579. The van der Waals surface area contributed by atoms with Crippen LogP contribution in [0.2, 0.25) is 0 Å². The van der Waals surface area contributed by atoms with Crippen molar-refractivity contribution in [2.24, 2.45) is 0 Å². The Morgan fingerprint density at radius 2 is 1.86 bits per heavy atom. The van der Waals surface area contributed by atoms with Gasteiger partial charge in [-0.15, -0.1) is 11.8 Å². The van der Waals surface area contributed by atoms with Crippen molar-refractivity contribution in [3.05, 3.63) is 42.0 Å². The van der Waals surface area contributed by atoms with Gasteiger partial charge in [0.25, 0.3) is 0 Å². The molecule has 1 aromatic carbocycles. The number of nitrogens with zero attached hydrogens (tertiary/aromatic N) is 1. The molecule has 0 unspecified atom stereocenters. The molecule has 0 saturated carbocycles. The number of thioether (sulfide) groups is 1. The van der Waals surface area contributed by atoms with Gasteiger partial charge in [-0.3, -0.25) is 0 Å². The van der Waals surface area contributed by atoms with Crippen molar-refractivity contribution in [3.8, 4) is 0 Å². The zero-order chi connectivity index (χ0) is 15.2. The summed E-state index contributed by atoms with van der Waals surface area (Å²) in [6, 6.07) is 8.34. The van der Waals surface area contributed by atoms with Crippen LogP contribution in [0.15, 0.2) is 35.2 Å². The molecule has 6 heteroatoms. The number of benzene rings is 1. The summed E-state index contributed by atoms with van der Waals surface area (Å²) in [7, 11) is 0. The van der Waals surface area contributed by atoms with Crippen LogP contribution in [0.25, 0.3) is 0 Å². The first-order chi connectivity index (χ1) is 10.2. The summed E-state index contributed by atoms with van der Waals surface area (Å²) in [5, 5.41) is 5.77. The second-order valence-corrected chi connectivity index (χ2v) is 5.25. The number of pyridine rings is 1. The molecule has 0 radical (unpaired) electrons. The minimum atomic E-state index is -0.717. The van der Waals surface area contributed by atoms with Crippen LogP contribution in [0.4, 0.5) is 26.1 Å². The first-order valence-electron chi connectivity index (χ1n) is 6.65. The fourth-order valence-corrected chi connectivity index (χ4v) is 2.35. The van der Waals surface area contributed by atoms with Gasteiger partial charge < -0.3 is 10.6 Å². The summed E-state index contributed by atoms with van der Waals surface area (Å²) in [5.74, 6) is -1.34. The van der Waals surface area contributed by atoms with E-state index in [0.29, 0.717) is 6.54 Å². The molecule has 2 N–H and O–H groups in total. The molecule has 0 aliphatic rings. The minimum Gasteiger partial charge on any atom is -0.368 e. The van der Waals surface area contributed by atoms with Crippen LogP contribution in [0, 0.1) is 11.6 Å². The van der Waals surface area contributed by atoms with Crippen LogP contribution in [0.3, 0.4) is 0 Å². The topological polar surface area (TPSA) is 37.0 Å². The Labute approximate surface area is 127 Å². The summed E-state index contributed by atoms with van der Waals surface area (Å²) in [5.41, 5.74) is 0.740. The van der Waals surface area contributed by atoms with Gasteiger partial charge in [0, 0.05) is 17.5 Å². The lowest BCUT2D eigenvalue weighted by Gasteiger charge is -2.12. The van der Waals surface area contributed by atoms with Gasteiger partial charge in [0.2, 0.25) is 0 Å². The van der Waals surface area contributed by atoms with Crippen LogP contribution >= 0.6 is 11.8 Å². The molecule has 0 fully saturated rings. The number of halogens is 2. The van der Waals surface area contributed by atoms with Crippen LogP contribution in [-0.4, -0.2) is 17.8 Å². The van der Waals surface area contributed by atoms with E-state index >= 15 is 0 Å². The van der Waals surface area contributed by atoms with Crippen molar-refractivity contribution in [2.45, 2.75) is 18.2 Å². The largest absolute Gasteiger partial charge is 0.368 e. The lowest BCUT2D eigenvalue weighted by Crippen LogP contribution is -2.08. The van der Waals surface area contributed by atoms with Gasteiger partial charge in [0.15, 0.2) is 23.3 Å². The van der Waals surface area contributed by atoms with Crippen molar-refractivity contribution in [2.75, 3.05) is 23.4 Å². The highest BCUT2D eigenvalue weighted by Gasteiger charge is 2.12. The highest BCUT2D eigenvalue weighted by atomic mass is 32.2. The number of anilines is 3. The highest BCUT2D eigenvalue weighted by molar-refractivity contribution is 7.98. The zero-order valence-corrected chi connectivity index (χ0v) is 12.7. The van der Waals surface area contributed by atoms with Crippen LogP contribution in [0.5, 0.6) is 0 Å². The molecule has 1 heterocycles. The van der Waals surface area contributed by atoms with Gasteiger partial charge in [0.1, 0.15) is 0 Å². The molecule has 0 amide bonds. The fourth-order valence-electron chi connectivity index (χ4n) is 1.80. The summed E-state index contributed by atoms with van der Waals surface area (Å²) in [6.07, 6.45) is 2.76. The molecule has 0 aliphatic heterocycles. The van der Waals surface area contributed by atoms with Crippen LogP contribution in [-0.2, 0) is 0 Å². The summed E-state index contributed by atoms with van der Waals surface area (Å²) in [6.45, 7) is 2.54. The Morgan fingerprint density at radius 3 is 2.57 bits per heavy atom. The first-order valence-corrected chi connectivity index (χ1v) is 7.88. The maximum Gasteiger partial charge on any atom is 0.169 e. The molecule has 0 atom stereocenters. The third-order valence-electron chi connectivity index (χ3n) is 2.83. The highest BCUT2D eigenvalue weighted by Crippen LogP contribution is 2.29. The van der Waals surface area contributed by atoms with E-state index in [1.54, 1.807) is 0 Å². The number of hydrogen-bond acceptors (Lipinski definition) is 4. The number of hydrogen-bond donors (Lipinski definition) is 2. The second kappa shape index (κ2) is 7.26. The molecule has 2 aromatic rings. The predicted molar refractivity (Wildman–Crippen MR) is 84.4 cm³/mol. The van der Waals surface area contributed by atoms with Gasteiger partial charge in [-0.2, -0.15) is 0 Å². The SMILES string of the molecule is CCCNc1nc(Nc2ccccc2SC)c(F)cc1F. The molecule has 3 nitrogen and oxygen atoms in total. The first kappa shape index (κ1) is 15.6. The normalized spacial score (nSPS) is 10.5. The third-order valence-corrected chi connectivity index (χ3v) is 3.63. The van der Waals surface area contributed by atoms with Crippen molar-refractivity contribution in [3.63, 3.8) is 0 Å². The van der Waals surface area contributed by atoms with Crippen molar-refractivity contribution in [1.29, 1.82) is 0 Å². The average Bonchev–Trinajstić information content (AvgIpc) is 2.49. The molecule has 0 bridgehead atoms. The van der Waals surface area contributed by atoms with E-state index in [2.05, 4.69) is 15.6 Å². The Balaban J connectivity index is 2.30. The quantitative estimate of drug-likeness (QED) is 0.762. The maximum atomic E-state index is 13.9. The van der Waals surface area contributed by atoms with Gasteiger partial charge in [-0.1, -0.05) is 19.1 Å². The van der Waals surface area contributed by atoms with Gasteiger partial charge >= 0.3 is 0 Å². The molecule has 112 valence electrons. The maximum absolute atomic E-state index is 13.9. The number of rotatable bonds is 6. The molecular weight excluding hydrogens is 292 g/mol. The average molecular weight is 309 g/mol. The Morgan fingerprint density at radius 1 is 1.14 bits per heavy atom. The van der Waals surface area contributed by atoms with Crippen LogP contribution < -0.4 is 10.6 Å². The summed E-state index contributed by atoms with van der Waals surface area (Å²) in [4.78, 5) is 4.96. The van der Waals surface area contributed by atoms with Crippen molar-refractivity contribution in [1.82, 2.24) is 4.98 Å². The second-order valence-electron chi connectivity index (χ2n) is 4.40.